The first-order chi connectivity index (χ1) is 11.6. The molecule has 0 saturated heterocycles. The number of nitrogens with zero attached hydrogens (tertiary/aromatic N) is 2. The van der Waals surface area contributed by atoms with Crippen LogP contribution in [-0.4, -0.2) is 34.4 Å². The molecule has 3 rings (SSSR count). The Balaban J connectivity index is 1.64. The monoisotopic (exact) mass is 344 g/mol. The van der Waals surface area contributed by atoms with Gasteiger partial charge in [0.25, 0.3) is 0 Å². The highest BCUT2D eigenvalue weighted by Gasteiger charge is 2.21. The molecule has 2 aromatic heterocycles. The maximum Gasteiger partial charge on any atom is 0.241 e. The third-order valence-corrected chi connectivity index (χ3v) is 5.07. The SMILES string of the molecule is CNC(C(=O)NCC(O)c1cc2ccccc2s1)c1cnn(C)c1. The first kappa shape index (κ1) is 16.6. The van der Waals surface area contributed by atoms with E-state index in [1.807, 2.05) is 30.3 Å². The van der Waals surface area contributed by atoms with Crippen molar-refractivity contribution in [1.82, 2.24) is 20.4 Å². The van der Waals surface area contributed by atoms with Crippen LogP contribution in [0.1, 0.15) is 22.6 Å². The predicted octanol–water partition coefficient (Wildman–Crippen LogP) is 1.75. The van der Waals surface area contributed by atoms with Gasteiger partial charge in [0.2, 0.25) is 5.91 Å². The van der Waals surface area contributed by atoms with Gasteiger partial charge in [0, 0.05) is 34.9 Å². The maximum atomic E-state index is 12.4. The minimum Gasteiger partial charge on any atom is -0.386 e. The van der Waals surface area contributed by atoms with E-state index < -0.39 is 12.1 Å². The Labute approximate surface area is 144 Å². The van der Waals surface area contributed by atoms with Gasteiger partial charge in [-0.3, -0.25) is 9.48 Å². The van der Waals surface area contributed by atoms with Crippen LogP contribution in [0.25, 0.3) is 10.1 Å². The topological polar surface area (TPSA) is 79.2 Å². The number of likely N-dealkylation sites (N-methyl/N-ethyl adjacent to an activating group) is 1. The molecule has 0 aliphatic rings. The molecule has 0 aliphatic carbocycles. The van der Waals surface area contributed by atoms with Gasteiger partial charge < -0.3 is 15.7 Å². The second-order valence-corrected chi connectivity index (χ2v) is 6.73. The van der Waals surface area contributed by atoms with Crippen molar-refractivity contribution in [3.8, 4) is 0 Å². The van der Waals surface area contributed by atoms with Gasteiger partial charge in [-0.2, -0.15) is 5.10 Å². The highest BCUT2D eigenvalue weighted by Crippen LogP contribution is 2.29. The number of aliphatic hydroxyl groups is 1. The number of carbonyl (C=O) groups excluding carboxylic acids is 1. The fourth-order valence-electron chi connectivity index (χ4n) is 2.60. The number of amides is 1. The van der Waals surface area contributed by atoms with Gasteiger partial charge in [-0.15, -0.1) is 11.3 Å². The van der Waals surface area contributed by atoms with E-state index in [2.05, 4.69) is 15.7 Å². The van der Waals surface area contributed by atoms with Crippen LogP contribution in [0.4, 0.5) is 0 Å². The summed E-state index contributed by atoms with van der Waals surface area (Å²) in [6, 6.07) is 9.45. The first-order valence-electron chi connectivity index (χ1n) is 7.68. The quantitative estimate of drug-likeness (QED) is 0.636. The molecule has 2 heterocycles. The Hall–Kier alpha value is -2.22. The van der Waals surface area contributed by atoms with Crippen molar-refractivity contribution in [2.45, 2.75) is 12.1 Å². The molecule has 3 N–H and O–H groups in total. The van der Waals surface area contributed by atoms with Gasteiger partial charge in [0.15, 0.2) is 0 Å². The Morgan fingerprint density at radius 1 is 1.42 bits per heavy atom. The number of thiophene rings is 1. The van der Waals surface area contributed by atoms with E-state index in [0.29, 0.717) is 0 Å². The summed E-state index contributed by atoms with van der Waals surface area (Å²) in [6.45, 7) is 0.171. The lowest BCUT2D eigenvalue weighted by atomic mass is 10.1. The highest BCUT2D eigenvalue weighted by atomic mass is 32.1. The molecule has 2 unspecified atom stereocenters. The van der Waals surface area contributed by atoms with Crippen LogP contribution >= 0.6 is 11.3 Å². The maximum absolute atomic E-state index is 12.4. The van der Waals surface area contributed by atoms with E-state index in [1.54, 1.807) is 42.5 Å². The molecule has 6 nitrogen and oxygen atoms in total. The number of nitrogens with one attached hydrogen (secondary N) is 2. The van der Waals surface area contributed by atoms with Crippen molar-refractivity contribution in [2.24, 2.45) is 7.05 Å². The van der Waals surface area contributed by atoms with Crippen LogP contribution in [0.2, 0.25) is 0 Å². The summed E-state index contributed by atoms with van der Waals surface area (Å²) in [6.07, 6.45) is 2.73. The van der Waals surface area contributed by atoms with Crippen LogP contribution in [0.15, 0.2) is 42.7 Å². The molecule has 3 aromatic rings. The summed E-state index contributed by atoms with van der Waals surface area (Å²) in [7, 11) is 3.53. The molecule has 126 valence electrons. The molecular formula is C17H20N4O2S. The summed E-state index contributed by atoms with van der Waals surface area (Å²) >= 11 is 1.54. The smallest absolute Gasteiger partial charge is 0.241 e. The number of carbonyl (C=O) groups is 1. The molecule has 1 amide bonds. The fourth-order valence-corrected chi connectivity index (χ4v) is 3.66. The van der Waals surface area contributed by atoms with E-state index in [4.69, 9.17) is 0 Å². The molecule has 0 aliphatic heterocycles. The van der Waals surface area contributed by atoms with Gasteiger partial charge in [-0.1, -0.05) is 18.2 Å². The van der Waals surface area contributed by atoms with E-state index in [-0.39, 0.29) is 12.5 Å². The zero-order valence-electron chi connectivity index (χ0n) is 13.6. The van der Waals surface area contributed by atoms with Gasteiger partial charge in [0.05, 0.1) is 6.20 Å². The lowest BCUT2D eigenvalue weighted by Gasteiger charge is -2.16. The average Bonchev–Trinajstić information content (AvgIpc) is 3.19. The highest BCUT2D eigenvalue weighted by molar-refractivity contribution is 7.19. The largest absolute Gasteiger partial charge is 0.386 e. The Morgan fingerprint density at radius 3 is 2.88 bits per heavy atom. The fraction of sp³-hybridized carbons (Fsp3) is 0.294. The van der Waals surface area contributed by atoms with Crippen molar-refractivity contribution in [3.05, 3.63) is 53.2 Å². The summed E-state index contributed by atoms with van der Waals surface area (Å²) < 4.78 is 2.78. The summed E-state index contributed by atoms with van der Waals surface area (Å²) in [5, 5.41) is 21.3. The molecular weight excluding hydrogens is 324 g/mol. The van der Waals surface area contributed by atoms with Crippen LogP contribution < -0.4 is 10.6 Å². The summed E-state index contributed by atoms with van der Waals surface area (Å²) in [5.74, 6) is -0.189. The minimum atomic E-state index is -0.724. The summed E-state index contributed by atoms with van der Waals surface area (Å²) in [4.78, 5) is 13.2. The van der Waals surface area contributed by atoms with Gasteiger partial charge in [-0.25, -0.2) is 0 Å². The van der Waals surface area contributed by atoms with Crippen molar-refractivity contribution < 1.29 is 9.90 Å². The standard InChI is InChI=1S/C17H20N4O2S/c1-18-16(12-8-20-21(2)10-12)17(23)19-9-13(22)15-7-11-5-3-4-6-14(11)24-15/h3-8,10,13,16,18,22H,9H2,1-2H3,(H,19,23). The molecule has 0 fully saturated rings. The normalized spacial score (nSPS) is 13.8. The Kier molecular flexibility index (Phi) is 4.94. The third kappa shape index (κ3) is 3.48. The van der Waals surface area contributed by atoms with Crippen molar-refractivity contribution in [3.63, 3.8) is 0 Å². The molecule has 0 spiro atoms. The lowest BCUT2D eigenvalue weighted by molar-refractivity contribution is -0.123. The van der Waals surface area contributed by atoms with Crippen molar-refractivity contribution in [1.29, 1.82) is 0 Å². The number of aliphatic hydroxyl groups excluding tert-OH is 1. The number of rotatable bonds is 6. The molecule has 2 atom stereocenters. The third-order valence-electron chi connectivity index (χ3n) is 3.85. The minimum absolute atomic E-state index is 0.171. The van der Waals surface area contributed by atoms with Gasteiger partial charge >= 0.3 is 0 Å². The zero-order chi connectivity index (χ0) is 17.1. The molecule has 0 saturated carbocycles. The molecule has 24 heavy (non-hydrogen) atoms. The number of aromatic nitrogens is 2. The predicted molar refractivity (Wildman–Crippen MR) is 94.8 cm³/mol. The van der Waals surface area contributed by atoms with Crippen LogP contribution in [0, 0.1) is 0 Å². The van der Waals surface area contributed by atoms with Crippen molar-refractivity contribution >= 4 is 27.3 Å². The zero-order valence-corrected chi connectivity index (χ0v) is 14.4. The van der Waals surface area contributed by atoms with Crippen molar-refractivity contribution in [2.75, 3.05) is 13.6 Å². The number of fused-ring (bicyclic) bond motifs is 1. The van der Waals surface area contributed by atoms with Gasteiger partial charge in [0.1, 0.15) is 12.1 Å². The van der Waals surface area contributed by atoms with Crippen LogP contribution in [-0.2, 0) is 11.8 Å². The molecule has 0 radical (unpaired) electrons. The van der Waals surface area contributed by atoms with E-state index in [0.717, 1.165) is 20.5 Å². The second-order valence-electron chi connectivity index (χ2n) is 5.62. The number of hydrogen-bond donors (Lipinski definition) is 3. The number of aryl methyl sites for hydroxylation is 1. The van der Waals surface area contributed by atoms with E-state index in [9.17, 15) is 9.90 Å². The molecule has 0 bridgehead atoms. The number of hydrogen-bond acceptors (Lipinski definition) is 5. The number of benzene rings is 1. The van der Waals surface area contributed by atoms with E-state index in [1.165, 1.54) is 0 Å². The van der Waals surface area contributed by atoms with Gasteiger partial charge in [-0.05, 0) is 24.6 Å². The van der Waals surface area contributed by atoms with Crippen LogP contribution in [0.5, 0.6) is 0 Å². The molecule has 1 aromatic carbocycles. The Bertz CT molecular complexity index is 809. The second kappa shape index (κ2) is 7.12. The Morgan fingerprint density at radius 2 is 2.21 bits per heavy atom. The average molecular weight is 344 g/mol. The van der Waals surface area contributed by atoms with E-state index >= 15 is 0 Å². The van der Waals surface area contributed by atoms with Crippen LogP contribution in [0.3, 0.4) is 0 Å². The lowest BCUT2D eigenvalue weighted by Crippen LogP contribution is -2.37. The first-order valence-corrected chi connectivity index (χ1v) is 8.50. The summed E-state index contributed by atoms with van der Waals surface area (Å²) in [5.41, 5.74) is 0.786. The molecule has 7 heteroatoms.